The summed E-state index contributed by atoms with van der Waals surface area (Å²) in [5.41, 5.74) is 1.78. The van der Waals surface area contributed by atoms with Gasteiger partial charge in [0.2, 0.25) is 0 Å². The average Bonchev–Trinajstić information content (AvgIpc) is 2.96. The summed E-state index contributed by atoms with van der Waals surface area (Å²) in [4.78, 5) is 18.8. The lowest BCUT2D eigenvalue weighted by atomic mass is 10.3. The fourth-order valence-electron chi connectivity index (χ4n) is 2.22. The van der Waals surface area contributed by atoms with Gasteiger partial charge >= 0.3 is 0 Å². The van der Waals surface area contributed by atoms with E-state index in [0.717, 1.165) is 10.7 Å². The van der Waals surface area contributed by atoms with Crippen LogP contribution in [0.5, 0.6) is 0 Å². The van der Waals surface area contributed by atoms with E-state index in [1.165, 1.54) is 4.68 Å². The van der Waals surface area contributed by atoms with Gasteiger partial charge in [0.15, 0.2) is 0 Å². The van der Waals surface area contributed by atoms with Crippen LogP contribution in [0.1, 0.15) is 10.7 Å². The Hall–Kier alpha value is -1.89. The smallest absolute Gasteiger partial charge is 0.292 e. The molecule has 2 heterocycles. The van der Waals surface area contributed by atoms with Gasteiger partial charge in [-0.3, -0.25) is 4.79 Å². The van der Waals surface area contributed by atoms with Crippen molar-refractivity contribution in [3.63, 3.8) is 0 Å². The summed E-state index contributed by atoms with van der Waals surface area (Å²) in [6.07, 6.45) is 1.58. The van der Waals surface area contributed by atoms with E-state index in [1.54, 1.807) is 41.8 Å². The minimum atomic E-state index is -0.376. The Morgan fingerprint density at radius 3 is 2.58 bits per heavy atom. The van der Waals surface area contributed by atoms with Crippen molar-refractivity contribution in [3.8, 4) is 5.69 Å². The van der Waals surface area contributed by atoms with Crippen LogP contribution in [-0.2, 0) is 6.54 Å². The van der Waals surface area contributed by atoms with Crippen LogP contribution < -0.4 is 10.5 Å². The van der Waals surface area contributed by atoms with Crippen LogP contribution in [0.15, 0.2) is 40.6 Å². The Labute approximate surface area is 153 Å². The zero-order chi connectivity index (χ0) is 17.3. The average molecular weight is 381 g/mol. The van der Waals surface area contributed by atoms with Gasteiger partial charge in [-0.15, -0.1) is 11.3 Å². The van der Waals surface area contributed by atoms with Crippen molar-refractivity contribution < 1.29 is 0 Å². The van der Waals surface area contributed by atoms with Crippen LogP contribution >= 0.6 is 34.5 Å². The predicted octanol–water partition coefficient (Wildman–Crippen LogP) is 3.94. The maximum Gasteiger partial charge on any atom is 0.292 e. The monoisotopic (exact) mass is 380 g/mol. The zero-order valence-corrected chi connectivity index (χ0v) is 15.4. The first-order valence-electron chi connectivity index (χ1n) is 7.11. The number of rotatable bonds is 4. The summed E-state index contributed by atoms with van der Waals surface area (Å²) in [6, 6.07) is 6.83. The molecule has 0 radical (unpaired) electrons. The van der Waals surface area contributed by atoms with Gasteiger partial charge in [-0.1, -0.05) is 23.2 Å². The van der Waals surface area contributed by atoms with E-state index in [-0.39, 0.29) is 10.6 Å². The second-order valence-corrected chi connectivity index (χ2v) is 7.03. The first-order chi connectivity index (χ1) is 11.5. The molecule has 0 aliphatic rings. The molecule has 0 spiro atoms. The molecule has 1 aromatic carbocycles. The highest BCUT2D eigenvalue weighted by Crippen LogP contribution is 2.23. The zero-order valence-electron chi connectivity index (χ0n) is 13.0. The number of halogens is 2. The van der Waals surface area contributed by atoms with Crippen LogP contribution in [-0.4, -0.2) is 21.8 Å². The Balaban J connectivity index is 1.92. The van der Waals surface area contributed by atoms with Crippen LogP contribution in [0, 0.1) is 6.92 Å². The van der Waals surface area contributed by atoms with E-state index in [9.17, 15) is 4.79 Å². The molecule has 2 aromatic heterocycles. The lowest BCUT2D eigenvalue weighted by molar-refractivity contribution is 0.793. The number of anilines is 1. The highest BCUT2D eigenvalue weighted by atomic mass is 35.5. The summed E-state index contributed by atoms with van der Waals surface area (Å²) >= 11 is 13.7. The molecule has 8 heteroatoms. The third-order valence-electron chi connectivity index (χ3n) is 3.42. The lowest BCUT2D eigenvalue weighted by Gasteiger charge is -2.19. The van der Waals surface area contributed by atoms with Crippen LogP contribution in [0.3, 0.4) is 0 Å². The molecule has 0 fully saturated rings. The van der Waals surface area contributed by atoms with Gasteiger partial charge < -0.3 is 4.90 Å². The summed E-state index contributed by atoms with van der Waals surface area (Å²) in [7, 11) is 1.85. The van der Waals surface area contributed by atoms with E-state index < -0.39 is 0 Å². The normalized spacial score (nSPS) is 10.8. The Morgan fingerprint density at radius 2 is 1.96 bits per heavy atom. The van der Waals surface area contributed by atoms with Crippen molar-refractivity contribution in [3.05, 3.63) is 66.9 Å². The minimum Gasteiger partial charge on any atom is -0.365 e. The summed E-state index contributed by atoms with van der Waals surface area (Å²) < 4.78 is 1.25. The van der Waals surface area contributed by atoms with Gasteiger partial charge in [-0.25, -0.2) is 4.98 Å². The number of nitrogens with zero attached hydrogens (tertiary/aromatic N) is 4. The number of thiazole rings is 1. The van der Waals surface area contributed by atoms with Crippen LogP contribution in [0.4, 0.5) is 5.69 Å². The third-order valence-corrected chi connectivity index (χ3v) is 4.98. The molecule has 0 N–H and O–H groups in total. The summed E-state index contributed by atoms with van der Waals surface area (Å²) in [6.45, 7) is 2.51. The van der Waals surface area contributed by atoms with Gasteiger partial charge in [0.05, 0.1) is 24.1 Å². The molecule has 0 saturated heterocycles. The molecular weight excluding hydrogens is 367 g/mol. The van der Waals surface area contributed by atoms with Crippen molar-refractivity contribution >= 4 is 40.2 Å². The maximum atomic E-state index is 12.5. The molecule has 0 bridgehead atoms. The second-order valence-electron chi connectivity index (χ2n) is 5.28. The molecule has 0 amide bonds. The molecule has 5 nitrogen and oxygen atoms in total. The number of aryl methyl sites for hydroxylation is 1. The largest absolute Gasteiger partial charge is 0.365 e. The van der Waals surface area contributed by atoms with Gasteiger partial charge in [0.25, 0.3) is 5.56 Å². The highest BCUT2D eigenvalue weighted by molar-refractivity contribution is 7.09. The first kappa shape index (κ1) is 17.0. The number of benzene rings is 1. The quantitative estimate of drug-likeness (QED) is 0.687. The number of aromatic nitrogens is 3. The van der Waals surface area contributed by atoms with Crippen LogP contribution in [0.25, 0.3) is 5.69 Å². The van der Waals surface area contributed by atoms with Crippen molar-refractivity contribution in [2.45, 2.75) is 13.5 Å². The van der Waals surface area contributed by atoms with Gasteiger partial charge in [0, 0.05) is 23.1 Å². The van der Waals surface area contributed by atoms with Crippen molar-refractivity contribution in [2.24, 2.45) is 0 Å². The SMILES string of the molecule is Cc1csc(CN(C)c2cnn(-c3ccc(Cl)cc3)c(=O)c2Cl)n1. The first-order valence-corrected chi connectivity index (χ1v) is 8.75. The molecule has 3 aromatic rings. The molecule has 24 heavy (non-hydrogen) atoms. The topological polar surface area (TPSA) is 51.0 Å². The molecule has 3 rings (SSSR count). The van der Waals surface area contributed by atoms with E-state index in [2.05, 4.69) is 10.1 Å². The van der Waals surface area contributed by atoms with E-state index in [0.29, 0.717) is 22.9 Å². The standard InChI is InChI=1S/C16H14Cl2N4OS/c1-10-9-24-14(20-10)8-21(2)13-7-19-22(16(23)15(13)18)12-5-3-11(17)4-6-12/h3-7,9H,8H2,1-2H3. The molecule has 124 valence electrons. The van der Waals surface area contributed by atoms with Gasteiger partial charge in [-0.2, -0.15) is 9.78 Å². The Bertz CT molecular complexity index is 921. The highest BCUT2D eigenvalue weighted by Gasteiger charge is 2.15. The fourth-order valence-corrected chi connectivity index (χ4v) is 3.44. The molecule has 0 aliphatic heterocycles. The maximum absolute atomic E-state index is 12.5. The minimum absolute atomic E-state index is 0.121. The van der Waals surface area contributed by atoms with Crippen molar-refractivity contribution in [1.82, 2.24) is 14.8 Å². The summed E-state index contributed by atoms with van der Waals surface area (Å²) in [5, 5.41) is 7.88. The van der Waals surface area contributed by atoms with Gasteiger partial charge in [0.1, 0.15) is 10.0 Å². The summed E-state index contributed by atoms with van der Waals surface area (Å²) in [5.74, 6) is 0. The second kappa shape index (κ2) is 6.93. The molecular formula is C16H14Cl2N4OS. The third kappa shape index (κ3) is 3.45. The fraction of sp³-hybridized carbons (Fsp3) is 0.188. The van der Waals surface area contributed by atoms with Crippen molar-refractivity contribution in [1.29, 1.82) is 0 Å². The molecule has 0 atom stereocenters. The van der Waals surface area contributed by atoms with Crippen molar-refractivity contribution in [2.75, 3.05) is 11.9 Å². The number of hydrogen-bond acceptors (Lipinski definition) is 5. The van der Waals surface area contributed by atoms with E-state index in [1.807, 2.05) is 24.3 Å². The van der Waals surface area contributed by atoms with E-state index in [4.69, 9.17) is 23.2 Å². The predicted molar refractivity (Wildman–Crippen MR) is 98.8 cm³/mol. The molecule has 0 aliphatic carbocycles. The number of hydrogen-bond donors (Lipinski definition) is 0. The van der Waals surface area contributed by atoms with Crippen LogP contribution in [0.2, 0.25) is 10.0 Å². The Morgan fingerprint density at radius 1 is 1.25 bits per heavy atom. The molecule has 0 unspecified atom stereocenters. The molecule has 0 saturated carbocycles. The lowest BCUT2D eigenvalue weighted by Crippen LogP contribution is -2.26. The van der Waals surface area contributed by atoms with E-state index >= 15 is 0 Å². The Kier molecular flexibility index (Phi) is 4.89. The van der Waals surface area contributed by atoms with Gasteiger partial charge in [-0.05, 0) is 31.2 Å².